The average Bonchev–Trinajstić information content (AvgIpc) is 2.82. The number of rotatable bonds is 3. The van der Waals surface area contributed by atoms with E-state index in [9.17, 15) is 0 Å². The molecule has 0 aromatic carbocycles. The predicted molar refractivity (Wildman–Crippen MR) is 83.9 cm³/mol. The van der Waals surface area contributed by atoms with Gasteiger partial charge in [0.25, 0.3) is 0 Å². The van der Waals surface area contributed by atoms with Gasteiger partial charge in [-0.3, -0.25) is 4.90 Å². The van der Waals surface area contributed by atoms with Gasteiger partial charge >= 0.3 is 0 Å². The molecule has 0 radical (unpaired) electrons. The van der Waals surface area contributed by atoms with E-state index >= 15 is 0 Å². The molecule has 0 amide bonds. The van der Waals surface area contributed by atoms with Gasteiger partial charge in [-0.2, -0.15) is 0 Å². The topological polar surface area (TPSA) is 32.5 Å². The first-order valence-corrected chi connectivity index (χ1v) is 7.96. The van der Waals surface area contributed by atoms with E-state index in [1.54, 1.807) is 0 Å². The highest BCUT2D eigenvalue weighted by Gasteiger charge is 2.25. The van der Waals surface area contributed by atoms with Crippen molar-refractivity contribution in [2.75, 3.05) is 39.8 Å². The van der Waals surface area contributed by atoms with Crippen LogP contribution in [0.1, 0.15) is 36.6 Å². The Kier molecular flexibility index (Phi) is 4.66. The number of hydrogen-bond donors (Lipinski definition) is 1. The molecular formula is C15H27N3S. The normalized spacial score (nSPS) is 20.7. The van der Waals surface area contributed by atoms with Crippen molar-refractivity contribution in [1.82, 2.24) is 9.80 Å². The predicted octanol–water partition coefficient (Wildman–Crippen LogP) is 2.29. The number of nitrogens with two attached hydrogens (primary N) is 1. The molecule has 1 fully saturated rings. The van der Waals surface area contributed by atoms with E-state index in [-0.39, 0.29) is 5.41 Å². The molecule has 1 unspecified atom stereocenters. The van der Waals surface area contributed by atoms with Crippen molar-refractivity contribution in [3.8, 4) is 0 Å². The summed E-state index contributed by atoms with van der Waals surface area (Å²) in [5.41, 5.74) is 6.28. The highest BCUT2D eigenvalue weighted by atomic mass is 32.1. The van der Waals surface area contributed by atoms with Gasteiger partial charge in [-0.25, -0.2) is 0 Å². The molecule has 1 aliphatic heterocycles. The lowest BCUT2D eigenvalue weighted by atomic mass is 9.95. The molecule has 1 aromatic heterocycles. The van der Waals surface area contributed by atoms with Crippen molar-refractivity contribution in [1.29, 1.82) is 0 Å². The van der Waals surface area contributed by atoms with Crippen molar-refractivity contribution in [3.05, 3.63) is 21.9 Å². The molecule has 3 nitrogen and oxygen atoms in total. The number of likely N-dealkylation sites (N-methyl/N-ethyl adjacent to an activating group) is 1. The van der Waals surface area contributed by atoms with Gasteiger partial charge in [0.05, 0.1) is 6.04 Å². The van der Waals surface area contributed by atoms with Gasteiger partial charge in [0.15, 0.2) is 0 Å². The van der Waals surface area contributed by atoms with Crippen LogP contribution >= 0.6 is 11.3 Å². The van der Waals surface area contributed by atoms with Crippen molar-refractivity contribution in [2.24, 2.45) is 5.73 Å². The van der Waals surface area contributed by atoms with E-state index in [1.165, 1.54) is 9.75 Å². The summed E-state index contributed by atoms with van der Waals surface area (Å²) in [6.07, 6.45) is 0. The minimum absolute atomic E-state index is 0.240. The standard InChI is InChI=1S/C15H27N3S/c1-15(2,3)14-6-5-13(19-14)12(11-16)18-9-7-17(4)8-10-18/h5-6,12H,7-11,16H2,1-4H3. The van der Waals surface area contributed by atoms with Gasteiger partial charge < -0.3 is 10.6 Å². The Morgan fingerprint density at radius 1 is 1.21 bits per heavy atom. The van der Waals surface area contributed by atoms with Crippen LogP contribution in [0, 0.1) is 0 Å². The molecule has 2 heterocycles. The molecule has 2 rings (SSSR count). The van der Waals surface area contributed by atoms with E-state index in [1.807, 2.05) is 11.3 Å². The summed E-state index contributed by atoms with van der Waals surface area (Å²) >= 11 is 1.93. The molecular weight excluding hydrogens is 254 g/mol. The first kappa shape index (κ1) is 15.0. The second kappa shape index (κ2) is 5.92. The van der Waals surface area contributed by atoms with E-state index < -0.39 is 0 Å². The third-order valence-electron chi connectivity index (χ3n) is 3.90. The molecule has 0 aliphatic carbocycles. The fraction of sp³-hybridized carbons (Fsp3) is 0.733. The molecule has 0 spiro atoms. The maximum absolute atomic E-state index is 6.04. The molecule has 4 heteroatoms. The van der Waals surface area contributed by atoms with Gasteiger partial charge in [-0.1, -0.05) is 20.8 Å². The minimum Gasteiger partial charge on any atom is -0.329 e. The lowest BCUT2D eigenvalue weighted by molar-refractivity contribution is 0.116. The van der Waals surface area contributed by atoms with Crippen LogP contribution in [0.25, 0.3) is 0 Å². The zero-order valence-electron chi connectivity index (χ0n) is 12.6. The van der Waals surface area contributed by atoms with Crippen LogP contribution in [0.15, 0.2) is 12.1 Å². The summed E-state index contributed by atoms with van der Waals surface area (Å²) in [4.78, 5) is 7.81. The zero-order valence-corrected chi connectivity index (χ0v) is 13.5. The molecule has 1 saturated heterocycles. The van der Waals surface area contributed by atoms with Gasteiger partial charge in [0.1, 0.15) is 0 Å². The van der Waals surface area contributed by atoms with Crippen LogP contribution in [-0.4, -0.2) is 49.6 Å². The maximum Gasteiger partial charge on any atom is 0.0565 e. The maximum atomic E-state index is 6.04. The van der Waals surface area contributed by atoms with E-state index in [0.717, 1.165) is 26.2 Å². The van der Waals surface area contributed by atoms with Crippen LogP contribution < -0.4 is 5.73 Å². The Morgan fingerprint density at radius 3 is 2.32 bits per heavy atom. The quantitative estimate of drug-likeness (QED) is 0.922. The molecule has 1 aromatic rings. The Labute approximate surface area is 121 Å². The third-order valence-corrected chi connectivity index (χ3v) is 5.51. The Bertz CT molecular complexity index is 400. The Hall–Kier alpha value is -0.420. The van der Waals surface area contributed by atoms with E-state index in [4.69, 9.17) is 5.73 Å². The lowest BCUT2D eigenvalue weighted by Crippen LogP contribution is -2.47. The second-order valence-corrected chi connectivity index (χ2v) is 7.66. The molecule has 2 N–H and O–H groups in total. The Morgan fingerprint density at radius 2 is 1.84 bits per heavy atom. The summed E-state index contributed by atoms with van der Waals surface area (Å²) in [7, 11) is 2.19. The summed E-state index contributed by atoms with van der Waals surface area (Å²) in [6.45, 7) is 12.1. The van der Waals surface area contributed by atoms with Crippen LogP contribution in [0.5, 0.6) is 0 Å². The summed E-state index contributed by atoms with van der Waals surface area (Å²) < 4.78 is 0. The van der Waals surface area contributed by atoms with Gasteiger partial charge in [-0.15, -0.1) is 11.3 Å². The molecule has 108 valence electrons. The fourth-order valence-electron chi connectivity index (χ4n) is 2.51. The number of hydrogen-bond acceptors (Lipinski definition) is 4. The number of piperazine rings is 1. The van der Waals surface area contributed by atoms with Gasteiger partial charge in [0, 0.05) is 42.5 Å². The molecule has 1 aliphatic rings. The van der Waals surface area contributed by atoms with Crippen LogP contribution in [-0.2, 0) is 5.41 Å². The number of nitrogens with zero attached hydrogens (tertiary/aromatic N) is 2. The Balaban J connectivity index is 2.11. The third kappa shape index (κ3) is 3.57. The molecule has 1 atom stereocenters. The second-order valence-electron chi connectivity index (χ2n) is 6.54. The lowest BCUT2D eigenvalue weighted by Gasteiger charge is -2.37. The zero-order chi connectivity index (χ0) is 14.0. The highest BCUT2D eigenvalue weighted by molar-refractivity contribution is 7.12. The minimum atomic E-state index is 0.240. The average molecular weight is 281 g/mol. The van der Waals surface area contributed by atoms with E-state index in [0.29, 0.717) is 12.6 Å². The first-order chi connectivity index (χ1) is 8.91. The largest absolute Gasteiger partial charge is 0.329 e. The SMILES string of the molecule is CN1CCN(C(CN)c2ccc(C(C)(C)C)s2)CC1. The summed E-state index contributed by atoms with van der Waals surface area (Å²) in [5.74, 6) is 0. The van der Waals surface area contributed by atoms with Crippen LogP contribution in [0.3, 0.4) is 0 Å². The van der Waals surface area contributed by atoms with Gasteiger partial charge in [-0.05, 0) is 24.6 Å². The molecule has 19 heavy (non-hydrogen) atoms. The van der Waals surface area contributed by atoms with Crippen molar-refractivity contribution < 1.29 is 0 Å². The highest BCUT2D eigenvalue weighted by Crippen LogP contribution is 2.34. The smallest absolute Gasteiger partial charge is 0.0565 e. The summed E-state index contributed by atoms with van der Waals surface area (Å²) in [5, 5.41) is 0. The molecule has 0 saturated carbocycles. The number of thiophene rings is 1. The molecule has 0 bridgehead atoms. The van der Waals surface area contributed by atoms with E-state index in [2.05, 4.69) is 49.8 Å². The van der Waals surface area contributed by atoms with Crippen molar-refractivity contribution >= 4 is 11.3 Å². The summed E-state index contributed by atoms with van der Waals surface area (Å²) in [6, 6.07) is 4.95. The van der Waals surface area contributed by atoms with Crippen LogP contribution in [0.4, 0.5) is 0 Å². The van der Waals surface area contributed by atoms with Crippen LogP contribution in [0.2, 0.25) is 0 Å². The first-order valence-electron chi connectivity index (χ1n) is 7.14. The van der Waals surface area contributed by atoms with Crippen molar-refractivity contribution in [2.45, 2.75) is 32.2 Å². The van der Waals surface area contributed by atoms with Crippen molar-refractivity contribution in [3.63, 3.8) is 0 Å². The van der Waals surface area contributed by atoms with Gasteiger partial charge in [0.2, 0.25) is 0 Å². The fourth-order valence-corrected chi connectivity index (χ4v) is 3.73. The monoisotopic (exact) mass is 281 g/mol.